The van der Waals surface area contributed by atoms with Crippen molar-refractivity contribution >= 4 is 73.3 Å². The van der Waals surface area contributed by atoms with Crippen LogP contribution in [-0.2, 0) is 20.6 Å². The lowest BCUT2D eigenvalue weighted by molar-refractivity contribution is -0.114. The maximum absolute atomic E-state index is 12.7. The van der Waals surface area contributed by atoms with Crippen LogP contribution in [0.3, 0.4) is 0 Å². The molecular formula is C22H20ClIN2O3S2. The van der Waals surface area contributed by atoms with Gasteiger partial charge in [-0.2, -0.15) is 0 Å². The quantitative estimate of drug-likeness (QED) is 0.274. The predicted molar refractivity (Wildman–Crippen MR) is 137 cm³/mol. The largest absolute Gasteiger partial charge is 0.323 e. The van der Waals surface area contributed by atoms with Gasteiger partial charge in [0.15, 0.2) is 0 Å². The fourth-order valence-electron chi connectivity index (χ4n) is 2.77. The van der Waals surface area contributed by atoms with E-state index in [4.69, 9.17) is 11.6 Å². The van der Waals surface area contributed by atoms with Gasteiger partial charge in [-0.1, -0.05) is 35.9 Å². The van der Waals surface area contributed by atoms with E-state index in [2.05, 4.69) is 27.9 Å². The lowest BCUT2D eigenvalue weighted by Crippen LogP contribution is -2.37. The molecule has 0 bridgehead atoms. The molecule has 0 fully saturated rings. The molecule has 0 radical (unpaired) electrons. The molecule has 3 aromatic carbocycles. The van der Waals surface area contributed by atoms with E-state index in [9.17, 15) is 13.2 Å². The Morgan fingerprint density at radius 2 is 1.68 bits per heavy atom. The first-order valence-electron chi connectivity index (χ1n) is 9.22. The van der Waals surface area contributed by atoms with Crippen LogP contribution in [0.15, 0.2) is 77.7 Å². The van der Waals surface area contributed by atoms with Crippen molar-refractivity contribution in [3.63, 3.8) is 0 Å². The molecule has 0 heterocycles. The van der Waals surface area contributed by atoms with Crippen molar-refractivity contribution in [2.75, 3.05) is 22.4 Å². The number of rotatable bonds is 8. The molecule has 3 aromatic rings. The fraction of sp³-hybridized carbons (Fsp3) is 0.136. The zero-order chi connectivity index (χ0) is 22.4. The molecule has 0 aliphatic heterocycles. The molecule has 0 aliphatic rings. The molecule has 0 saturated carbocycles. The summed E-state index contributed by atoms with van der Waals surface area (Å²) in [6.45, 7) is -0.310. The molecule has 162 valence electrons. The third kappa shape index (κ3) is 7.13. The fourth-order valence-corrected chi connectivity index (χ4v) is 5.07. The van der Waals surface area contributed by atoms with E-state index in [1.54, 1.807) is 42.1 Å². The lowest BCUT2D eigenvalue weighted by atomic mass is 10.2. The number of nitrogens with zero attached hydrogens (tertiary/aromatic N) is 1. The number of carbonyl (C=O) groups excluding carboxylic acids is 1. The summed E-state index contributed by atoms with van der Waals surface area (Å²) < 4.78 is 26.6. The minimum Gasteiger partial charge on any atom is -0.323 e. The highest BCUT2D eigenvalue weighted by molar-refractivity contribution is 14.1. The summed E-state index contributed by atoms with van der Waals surface area (Å²) in [5.74, 6) is 0.297. The van der Waals surface area contributed by atoms with E-state index >= 15 is 0 Å². The Morgan fingerprint density at radius 3 is 2.32 bits per heavy atom. The second-order valence-corrected chi connectivity index (χ2v) is 11.3. The van der Waals surface area contributed by atoms with Gasteiger partial charge < -0.3 is 5.32 Å². The number of carbonyl (C=O) groups is 1. The number of anilines is 2. The summed E-state index contributed by atoms with van der Waals surface area (Å²) in [5.41, 5.74) is 2.20. The molecule has 0 atom stereocenters. The monoisotopic (exact) mass is 586 g/mol. The van der Waals surface area contributed by atoms with Crippen molar-refractivity contribution in [2.45, 2.75) is 10.6 Å². The zero-order valence-corrected chi connectivity index (χ0v) is 21.1. The van der Waals surface area contributed by atoms with Gasteiger partial charge in [0, 0.05) is 19.2 Å². The number of thioether (sulfide) groups is 1. The van der Waals surface area contributed by atoms with E-state index in [1.165, 1.54) is 0 Å². The third-order valence-corrected chi connectivity index (χ3v) is 7.53. The molecule has 0 unspecified atom stereocenters. The molecule has 0 aliphatic carbocycles. The van der Waals surface area contributed by atoms with E-state index in [0.29, 0.717) is 22.2 Å². The van der Waals surface area contributed by atoms with Crippen LogP contribution in [0.5, 0.6) is 0 Å². The van der Waals surface area contributed by atoms with E-state index in [-0.39, 0.29) is 6.54 Å². The van der Waals surface area contributed by atoms with Gasteiger partial charge in [-0.3, -0.25) is 9.10 Å². The Balaban J connectivity index is 1.72. The summed E-state index contributed by atoms with van der Waals surface area (Å²) >= 11 is 9.66. The molecular weight excluding hydrogens is 567 g/mol. The van der Waals surface area contributed by atoms with Crippen LogP contribution >= 0.6 is 46.0 Å². The van der Waals surface area contributed by atoms with Crippen LogP contribution in [-0.4, -0.2) is 27.1 Å². The highest BCUT2D eigenvalue weighted by Gasteiger charge is 2.21. The maximum atomic E-state index is 12.7. The Labute approximate surface area is 205 Å². The molecule has 0 spiro atoms. The molecule has 31 heavy (non-hydrogen) atoms. The van der Waals surface area contributed by atoms with Gasteiger partial charge in [-0.25, -0.2) is 8.42 Å². The van der Waals surface area contributed by atoms with E-state index in [1.807, 2.05) is 42.5 Å². The highest BCUT2D eigenvalue weighted by Crippen LogP contribution is 2.30. The number of hydrogen-bond acceptors (Lipinski definition) is 4. The van der Waals surface area contributed by atoms with Crippen molar-refractivity contribution in [3.05, 3.63) is 87.0 Å². The Kier molecular flexibility index (Phi) is 8.26. The topological polar surface area (TPSA) is 66.5 Å². The Bertz CT molecular complexity index is 1150. The van der Waals surface area contributed by atoms with Crippen LogP contribution < -0.4 is 9.62 Å². The van der Waals surface area contributed by atoms with Crippen LogP contribution in [0.4, 0.5) is 11.4 Å². The molecule has 9 heteroatoms. The zero-order valence-electron chi connectivity index (χ0n) is 16.6. The average Bonchev–Trinajstić information content (AvgIpc) is 2.72. The standard InChI is InChI=1S/C22H20ClIN2O3S2/c1-31(28,29)26(19-12-10-18(24)11-13-19)14-22(27)25-20-4-2-3-5-21(20)30-15-16-6-8-17(23)9-7-16/h2-13H,14-15H2,1H3,(H,25,27). The lowest BCUT2D eigenvalue weighted by Gasteiger charge is -2.22. The van der Waals surface area contributed by atoms with Crippen molar-refractivity contribution in [1.82, 2.24) is 0 Å². The van der Waals surface area contributed by atoms with Crippen LogP contribution in [0.1, 0.15) is 5.56 Å². The van der Waals surface area contributed by atoms with Crippen molar-refractivity contribution < 1.29 is 13.2 Å². The Morgan fingerprint density at radius 1 is 1.03 bits per heavy atom. The number of nitrogens with one attached hydrogen (secondary N) is 1. The summed E-state index contributed by atoms with van der Waals surface area (Å²) in [4.78, 5) is 13.6. The van der Waals surface area contributed by atoms with Gasteiger partial charge in [0.2, 0.25) is 15.9 Å². The van der Waals surface area contributed by atoms with Crippen molar-refractivity contribution in [1.29, 1.82) is 0 Å². The minimum atomic E-state index is -3.62. The molecule has 0 aromatic heterocycles. The number of para-hydroxylation sites is 1. The Hall–Kier alpha value is -1.75. The highest BCUT2D eigenvalue weighted by atomic mass is 127. The van der Waals surface area contributed by atoms with Gasteiger partial charge in [-0.05, 0) is 76.7 Å². The number of hydrogen-bond donors (Lipinski definition) is 1. The molecule has 0 saturated heterocycles. The summed E-state index contributed by atoms with van der Waals surface area (Å²) in [5, 5.41) is 3.54. The van der Waals surface area contributed by atoms with Gasteiger partial charge in [-0.15, -0.1) is 11.8 Å². The maximum Gasteiger partial charge on any atom is 0.245 e. The number of benzene rings is 3. The smallest absolute Gasteiger partial charge is 0.245 e. The van der Waals surface area contributed by atoms with Crippen LogP contribution in [0.2, 0.25) is 5.02 Å². The van der Waals surface area contributed by atoms with Crippen LogP contribution in [0, 0.1) is 3.57 Å². The third-order valence-electron chi connectivity index (χ3n) is 4.27. The van der Waals surface area contributed by atoms with Gasteiger partial charge in [0.05, 0.1) is 17.6 Å². The average molecular weight is 587 g/mol. The second-order valence-electron chi connectivity index (χ2n) is 6.71. The number of halogens is 2. The summed E-state index contributed by atoms with van der Waals surface area (Å²) in [6.07, 6.45) is 1.09. The first-order valence-corrected chi connectivity index (χ1v) is 13.5. The molecule has 1 N–H and O–H groups in total. The molecule has 1 amide bonds. The van der Waals surface area contributed by atoms with Gasteiger partial charge >= 0.3 is 0 Å². The summed E-state index contributed by atoms with van der Waals surface area (Å²) in [6, 6.07) is 22.0. The number of amides is 1. The van der Waals surface area contributed by atoms with Crippen molar-refractivity contribution in [2.24, 2.45) is 0 Å². The van der Waals surface area contributed by atoms with E-state index < -0.39 is 15.9 Å². The first kappa shape index (κ1) is 23.9. The SMILES string of the molecule is CS(=O)(=O)N(CC(=O)Nc1ccccc1SCc1ccc(Cl)cc1)c1ccc(I)cc1. The number of sulfonamides is 1. The normalized spacial score (nSPS) is 11.2. The second kappa shape index (κ2) is 10.7. The predicted octanol–water partition coefficient (Wildman–Crippen LogP) is 5.64. The molecule has 5 nitrogen and oxygen atoms in total. The molecule has 3 rings (SSSR count). The van der Waals surface area contributed by atoms with Crippen molar-refractivity contribution in [3.8, 4) is 0 Å². The first-order chi connectivity index (χ1) is 14.7. The minimum absolute atomic E-state index is 0.310. The van der Waals surface area contributed by atoms with Crippen LogP contribution in [0.25, 0.3) is 0 Å². The van der Waals surface area contributed by atoms with Gasteiger partial charge in [0.25, 0.3) is 0 Å². The van der Waals surface area contributed by atoms with E-state index in [0.717, 1.165) is 24.6 Å². The summed E-state index contributed by atoms with van der Waals surface area (Å²) in [7, 11) is -3.62. The van der Waals surface area contributed by atoms with Gasteiger partial charge in [0.1, 0.15) is 6.54 Å².